The second kappa shape index (κ2) is 10.7. The number of nitrogens with zero attached hydrogens (tertiary/aromatic N) is 4. The lowest BCUT2D eigenvalue weighted by Crippen LogP contribution is -2.35. The minimum atomic E-state index is -4.48. The first-order valence-electron chi connectivity index (χ1n) is 12.6. The van der Waals surface area contributed by atoms with Gasteiger partial charge in [0.25, 0.3) is 5.91 Å². The largest absolute Gasteiger partial charge is 0.417 e. The molecule has 0 bridgehead atoms. The van der Waals surface area contributed by atoms with Gasteiger partial charge in [-0.2, -0.15) is 13.2 Å². The van der Waals surface area contributed by atoms with Crippen LogP contribution in [0.15, 0.2) is 24.4 Å². The lowest BCUT2D eigenvalue weighted by molar-refractivity contribution is -0.137. The van der Waals surface area contributed by atoms with Crippen molar-refractivity contribution in [1.29, 1.82) is 0 Å². The maximum atomic E-state index is 13.9. The Kier molecular flexibility index (Phi) is 7.87. The number of anilines is 1. The smallest absolute Gasteiger partial charge is 0.383 e. The normalized spacial score (nSPS) is 14.6. The zero-order valence-electron chi connectivity index (χ0n) is 22.4. The van der Waals surface area contributed by atoms with Crippen LogP contribution in [0.4, 0.5) is 19.0 Å². The number of nitrogen functional groups attached to an aromatic ring is 1. The van der Waals surface area contributed by atoms with Crippen molar-refractivity contribution in [1.82, 2.24) is 19.4 Å². The molecule has 0 fully saturated rings. The predicted octanol–water partition coefficient (Wildman–Crippen LogP) is 5.60. The van der Waals surface area contributed by atoms with Gasteiger partial charge in [0.05, 0.1) is 41.5 Å². The summed E-state index contributed by atoms with van der Waals surface area (Å²) in [7, 11) is -1.32. The fourth-order valence-corrected chi connectivity index (χ4v) is 5.33. The van der Waals surface area contributed by atoms with E-state index < -0.39 is 25.9 Å². The maximum Gasteiger partial charge on any atom is 0.417 e. The molecular formula is C26H34F3N5O3Si. The Bertz CT molecular complexity index is 1320. The van der Waals surface area contributed by atoms with Gasteiger partial charge in [-0.25, -0.2) is 4.98 Å². The number of amides is 1. The highest BCUT2D eigenvalue weighted by Crippen LogP contribution is 2.34. The third kappa shape index (κ3) is 5.71. The second-order valence-corrected chi connectivity index (χ2v) is 16.3. The van der Waals surface area contributed by atoms with Gasteiger partial charge in [-0.15, -0.1) is 0 Å². The highest BCUT2D eigenvalue weighted by atomic mass is 28.3. The summed E-state index contributed by atoms with van der Waals surface area (Å²) in [4.78, 5) is 24.1. The molecular weight excluding hydrogens is 515 g/mol. The molecule has 1 amide bonds. The molecule has 38 heavy (non-hydrogen) atoms. The van der Waals surface area contributed by atoms with Crippen LogP contribution in [0.3, 0.4) is 0 Å². The van der Waals surface area contributed by atoms with Crippen LogP contribution in [0.1, 0.15) is 52.8 Å². The van der Waals surface area contributed by atoms with Gasteiger partial charge < -0.3 is 24.7 Å². The van der Waals surface area contributed by atoms with Crippen molar-refractivity contribution >= 4 is 30.8 Å². The molecule has 0 spiro atoms. The maximum absolute atomic E-state index is 13.9. The SMILES string of the molecule is CCN(C(=O)c1cc2nc(N)c3c(c2n1COCC[Si](C)(C)C)COC3)C(C)c1ccc(C(F)(F)F)cn1. The molecule has 0 aromatic carbocycles. The summed E-state index contributed by atoms with van der Waals surface area (Å²) >= 11 is 0. The molecule has 206 valence electrons. The van der Waals surface area contributed by atoms with Gasteiger partial charge in [0.15, 0.2) is 0 Å². The van der Waals surface area contributed by atoms with Crippen molar-refractivity contribution in [3.63, 3.8) is 0 Å². The fourth-order valence-electron chi connectivity index (χ4n) is 4.57. The zero-order valence-corrected chi connectivity index (χ0v) is 23.4. The van der Waals surface area contributed by atoms with Crippen LogP contribution in [-0.4, -0.2) is 46.6 Å². The average Bonchev–Trinajstić information content (AvgIpc) is 3.46. The number of carbonyl (C=O) groups is 1. The Hall–Kier alpha value is -2.96. The summed E-state index contributed by atoms with van der Waals surface area (Å²) in [6.45, 7) is 12.1. The Morgan fingerprint density at radius 2 is 1.97 bits per heavy atom. The number of hydrogen-bond donors (Lipinski definition) is 1. The Morgan fingerprint density at radius 1 is 1.26 bits per heavy atom. The van der Waals surface area contributed by atoms with Crippen molar-refractivity contribution in [3.05, 3.63) is 52.5 Å². The van der Waals surface area contributed by atoms with E-state index >= 15 is 0 Å². The van der Waals surface area contributed by atoms with E-state index in [-0.39, 0.29) is 12.6 Å². The van der Waals surface area contributed by atoms with Crippen LogP contribution in [0.2, 0.25) is 25.7 Å². The predicted molar refractivity (Wildman–Crippen MR) is 141 cm³/mol. The van der Waals surface area contributed by atoms with E-state index in [0.29, 0.717) is 49.1 Å². The molecule has 0 saturated heterocycles. The molecule has 3 aromatic heterocycles. The third-order valence-corrected chi connectivity index (χ3v) is 8.52. The number of hydrogen-bond acceptors (Lipinski definition) is 6. The first kappa shape index (κ1) is 28.1. The number of fused-ring (bicyclic) bond motifs is 3. The lowest BCUT2D eigenvalue weighted by Gasteiger charge is -2.28. The van der Waals surface area contributed by atoms with E-state index in [1.807, 2.05) is 11.5 Å². The van der Waals surface area contributed by atoms with Gasteiger partial charge in [0, 0.05) is 38.5 Å². The van der Waals surface area contributed by atoms with Crippen molar-refractivity contribution < 1.29 is 27.4 Å². The van der Waals surface area contributed by atoms with Crippen molar-refractivity contribution in [2.45, 2.75) is 71.7 Å². The van der Waals surface area contributed by atoms with Crippen LogP contribution in [0, 0.1) is 0 Å². The highest BCUT2D eigenvalue weighted by molar-refractivity contribution is 6.76. The summed E-state index contributed by atoms with van der Waals surface area (Å²) in [6.07, 6.45) is -3.69. The number of rotatable bonds is 9. The van der Waals surface area contributed by atoms with Gasteiger partial charge in [0.2, 0.25) is 0 Å². The van der Waals surface area contributed by atoms with Crippen molar-refractivity contribution in [2.24, 2.45) is 0 Å². The van der Waals surface area contributed by atoms with Gasteiger partial charge in [-0.05, 0) is 38.1 Å². The lowest BCUT2D eigenvalue weighted by atomic mass is 10.1. The average molecular weight is 550 g/mol. The molecule has 4 rings (SSSR count). The van der Waals surface area contributed by atoms with Gasteiger partial charge in [-0.1, -0.05) is 19.6 Å². The number of ether oxygens (including phenoxy) is 2. The minimum absolute atomic E-state index is 0.150. The molecule has 1 atom stereocenters. The van der Waals surface area contributed by atoms with E-state index in [2.05, 4.69) is 29.6 Å². The number of carbonyl (C=O) groups excluding carboxylic acids is 1. The Labute approximate surface area is 220 Å². The molecule has 1 aliphatic heterocycles. The summed E-state index contributed by atoms with van der Waals surface area (Å²) in [5.41, 5.74) is 9.09. The highest BCUT2D eigenvalue weighted by Gasteiger charge is 2.32. The summed E-state index contributed by atoms with van der Waals surface area (Å²) in [5.74, 6) is 0.0650. The molecule has 0 aliphatic carbocycles. The Morgan fingerprint density at radius 3 is 2.58 bits per heavy atom. The van der Waals surface area contributed by atoms with Crippen LogP contribution < -0.4 is 5.73 Å². The van der Waals surface area contributed by atoms with Gasteiger partial charge in [0.1, 0.15) is 18.2 Å². The molecule has 1 aliphatic rings. The molecule has 0 saturated carbocycles. The van der Waals surface area contributed by atoms with Crippen LogP contribution in [0.25, 0.3) is 11.0 Å². The molecule has 12 heteroatoms. The fraction of sp³-hybridized carbons (Fsp3) is 0.500. The molecule has 0 radical (unpaired) electrons. The topological polar surface area (TPSA) is 95.5 Å². The second-order valence-electron chi connectivity index (χ2n) is 10.7. The quantitative estimate of drug-likeness (QED) is 0.276. The first-order valence-corrected chi connectivity index (χ1v) is 16.3. The van der Waals surface area contributed by atoms with E-state index in [4.69, 9.17) is 15.2 Å². The van der Waals surface area contributed by atoms with Gasteiger partial charge >= 0.3 is 6.18 Å². The summed E-state index contributed by atoms with van der Waals surface area (Å²) < 4.78 is 52.6. The van der Waals surface area contributed by atoms with Crippen molar-refractivity contribution in [3.8, 4) is 0 Å². The molecule has 3 aromatic rings. The van der Waals surface area contributed by atoms with Crippen LogP contribution in [0.5, 0.6) is 0 Å². The van der Waals surface area contributed by atoms with E-state index in [1.54, 1.807) is 17.9 Å². The number of aromatic nitrogens is 3. The van der Waals surface area contributed by atoms with E-state index in [0.717, 1.165) is 35.0 Å². The van der Waals surface area contributed by atoms with Crippen LogP contribution in [-0.2, 0) is 35.6 Å². The third-order valence-electron chi connectivity index (χ3n) is 6.82. The van der Waals surface area contributed by atoms with E-state index in [9.17, 15) is 18.0 Å². The Balaban J connectivity index is 1.70. The van der Waals surface area contributed by atoms with E-state index in [1.165, 1.54) is 6.07 Å². The number of alkyl halides is 3. The molecule has 8 nitrogen and oxygen atoms in total. The van der Waals surface area contributed by atoms with Gasteiger partial charge in [-0.3, -0.25) is 9.78 Å². The standard InChI is InChI=1S/C26H34F3N5O3Si/c1-6-33(16(2)20-8-7-17(12-31-20)26(27,28)29)25(35)22-11-21-23(18-13-37-14-19(18)24(30)32-21)34(22)15-36-9-10-38(3,4)5/h7-8,11-12,16H,6,9-10,13-15H2,1-5H3,(H2,30,32). The minimum Gasteiger partial charge on any atom is -0.383 e. The zero-order chi connectivity index (χ0) is 27.8. The molecule has 4 heterocycles. The number of halogens is 3. The summed E-state index contributed by atoms with van der Waals surface area (Å²) in [5, 5.41) is 0. The number of nitrogens with two attached hydrogens (primary N) is 1. The first-order chi connectivity index (χ1) is 17.8. The van der Waals surface area contributed by atoms with Crippen molar-refractivity contribution in [2.75, 3.05) is 18.9 Å². The monoisotopic (exact) mass is 549 g/mol. The van der Waals surface area contributed by atoms with Crippen LogP contribution >= 0.6 is 0 Å². The molecule has 2 N–H and O–H groups in total. The molecule has 1 unspecified atom stereocenters. The number of pyridine rings is 2. The summed E-state index contributed by atoms with van der Waals surface area (Å²) in [6, 6.07) is 4.40.